The summed E-state index contributed by atoms with van der Waals surface area (Å²) >= 11 is 5.44. The highest BCUT2D eigenvalue weighted by atomic mass is 35.5. The number of halogens is 1. The summed E-state index contributed by atoms with van der Waals surface area (Å²) in [4.78, 5) is 28.6. The average molecular weight is 381 g/mol. The van der Waals surface area contributed by atoms with Crippen LogP contribution < -0.4 is 4.84 Å². The Morgan fingerprint density at radius 1 is 1.27 bits per heavy atom. The molecular weight excluding hydrogens is 360 g/mol. The molecule has 1 aromatic carbocycles. The third-order valence-electron chi connectivity index (χ3n) is 4.81. The number of esters is 1. The quantitative estimate of drug-likeness (QED) is 0.627. The Morgan fingerprint density at radius 3 is 2.65 bits per heavy atom. The Bertz CT molecular complexity index is 788. The number of rotatable bonds is 5. The molecule has 1 heterocycles. The molecule has 1 aromatic heterocycles. The Kier molecular flexibility index (Phi) is 5.73. The zero-order valence-electron chi connectivity index (χ0n) is 14.6. The molecule has 1 aliphatic carbocycles. The van der Waals surface area contributed by atoms with E-state index in [4.69, 9.17) is 16.5 Å². The summed E-state index contributed by atoms with van der Waals surface area (Å²) < 4.78 is 10.1. The summed E-state index contributed by atoms with van der Waals surface area (Å²) in [5.41, 5.74) is 1.72. The molecule has 140 valence electrons. The standard InChI is InChI=1S/C17H21ClN4O4/c1-10(19-18)17(24)25-13-6-4-12(5-7-13)22(2)16(23)11-3-8-14-15(9-11)21-26-20-14/h3,8-10,12-13,19H,4-7H2,1-2H3/t10-,12?,13?/m0/s1. The highest BCUT2D eigenvalue weighted by molar-refractivity contribution is 6.14. The lowest BCUT2D eigenvalue weighted by Gasteiger charge is -2.34. The van der Waals surface area contributed by atoms with Gasteiger partial charge in [0.05, 0.1) is 0 Å². The van der Waals surface area contributed by atoms with Gasteiger partial charge in [0.15, 0.2) is 0 Å². The van der Waals surface area contributed by atoms with E-state index in [1.54, 1.807) is 37.1 Å². The normalized spacial score (nSPS) is 21.3. The summed E-state index contributed by atoms with van der Waals surface area (Å²) in [6.45, 7) is 1.65. The first-order valence-electron chi connectivity index (χ1n) is 8.55. The molecule has 0 aliphatic heterocycles. The number of fused-ring (bicyclic) bond motifs is 1. The Hall–Kier alpha value is -2.19. The maximum absolute atomic E-state index is 12.7. The summed E-state index contributed by atoms with van der Waals surface area (Å²) in [6, 6.07) is 4.68. The molecular formula is C17H21ClN4O4. The van der Waals surface area contributed by atoms with Crippen molar-refractivity contribution in [3.8, 4) is 0 Å². The summed E-state index contributed by atoms with van der Waals surface area (Å²) in [7, 11) is 1.80. The molecule has 1 amide bonds. The molecule has 1 aliphatic rings. The van der Waals surface area contributed by atoms with E-state index in [0.717, 1.165) is 25.7 Å². The first-order chi connectivity index (χ1) is 12.5. The third kappa shape index (κ3) is 3.96. The number of carbonyl (C=O) groups is 2. The maximum atomic E-state index is 12.7. The van der Waals surface area contributed by atoms with Gasteiger partial charge in [0.2, 0.25) is 0 Å². The van der Waals surface area contributed by atoms with Crippen molar-refractivity contribution < 1.29 is 19.0 Å². The molecule has 1 N–H and O–H groups in total. The van der Waals surface area contributed by atoms with Crippen molar-refractivity contribution in [3.63, 3.8) is 0 Å². The van der Waals surface area contributed by atoms with Crippen molar-refractivity contribution in [2.24, 2.45) is 0 Å². The van der Waals surface area contributed by atoms with Crippen molar-refractivity contribution in [1.29, 1.82) is 0 Å². The van der Waals surface area contributed by atoms with E-state index in [0.29, 0.717) is 16.6 Å². The summed E-state index contributed by atoms with van der Waals surface area (Å²) in [5, 5.41) is 7.51. The van der Waals surface area contributed by atoms with Gasteiger partial charge in [-0.15, -0.1) is 0 Å². The Morgan fingerprint density at radius 2 is 1.96 bits per heavy atom. The van der Waals surface area contributed by atoms with E-state index in [-0.39, 0.29) is 24.0 Å². The molecule has 1 atom stereocenters. The van der Waals surface area contributed by atoms with Crippen LogP contribution in [0.4, 0.5) is 0 Å². The van der Waals surface area contributed by atoms with E-state index < -0.39 is 6.04 Å². The fraction of sp³-hybridized carbons (Fsp3) is 0.529. The van der Waals surface area contributed by atoms with Crippen LogP contribution in [0.2, 0.25) is 0 Å². The minimum Gasteiger partial charge on any atom is -0.461 e. The zero-order valence-corrected chi connectivity index (χ0v) is 15.4. The van der Waals surface area contributed by atoms with Gasteiger partial charge in [0.1, 0.15) is 23.2 Å². The van der Waals surface area contributed by atoms with Gasteiger partial charge in [0, 0.05) is 18.7 Å². The van der Waals surface area contributed by atoms with Crippen LogP contribution in [0.3, 0.4) is 0 Å². The molecule has 1 saturated carbocycles. The lowest BCUT2D eigenvalue weighted by Crippen LogP contribution is -2.42. The highest BCUT2D eigenvalue weighted by Crippen LogP contribution is 2.26. The number of ether oxygens (including phenoxy) is 1. The second-order valence-electron chi connectivity index (χ2n) is 6.58. The van der Waals surface area contributed by atoms with Crippen LogP contribution >= 0.6 is 11.8 Å². The van der Waals surface area contributed by atoms with Crippen molar-refractivity contribution in [2.45, 2.75) is 50.8 Å². The molecule has 9 heteroatoms. The van der Waals surface area contributed by atoms with Crippen LogP contribution in [0.25, 0.3) is 11.0 Å². The topological polar surface area (TPSA) is 97.6 Å². The minimum absolute atomic E-state index is 0.0738. The van der Waals surface area contributed by atoms with Crippen LogP contribution in [0.15, 0.2) is 22.8 Å². The number of hydrogen-bond donors (Lipinski definition) is 1. The largest absolute Gasteiger partial charge is 0.461 e. The maximum Gasteiger partial charge on any atom is 0.324 e. The third-order valence-corrected chi connectivity index (χ3v) is 5.14. The minimum atomic E-state index is -0.542. The predicted octanol–water partition coefficient (Wildman–Crippen LogP) is 2.28. The summed E-state index contributed by atoms with van der Waals surface area (Å²) in [6.07, 6.45) is 2.85. The number of amides is 1. The van der Waals surface area contributed by atoms with Gasteiger partial charge in [-0.3, -0.25) is 9.59 Å². The predicted molar refractivity (Wildman–Crippen MR) is 94.5 cm³/mol. The number of hydrogen-bond acceptors (Lipinski definition) is 7. The molecule has 26 heavy (non-hydrogen) atoms. The van der Waals surface area contributed by atoms with Crippen molar-refractivity contribution in [2.75, 3.05) is 7.05 Å². The van der Waals surface area contributed by atoms with E-state index in [1.807, 2.05) is 0 Å². The van der Waals surface area contributed by atoms with E-state index >= 15 is 0 Å². The van der Waals surface area contributed by atoms with Crippen LogP contribution in [0.5, 0.6) is 0 Å². The van der Waals surface area contributed by atoms with Gasteiger partial charge in [-0.1, -0.05) is 0 Å². The number of benzene rings is 1. The van der Waals surface area contributed by atoms with Gasteiger partial charge < -0.3 is 9.64 Å². The number of nitrogens with one attached hydrogen (secondary N) is 1. The molecule has 0 radical (unpaired) electrons. The fourth-order valence-corrected chi connectivity index (χ4v) is 3.23. The zero-order chi connectivity index (χ0) is 18.7. The lowest BCUT2D eigenvalue weighted by molar-refractivity contribution is -0.152. The van der Waals surface area contributed by atoms with E-state index in [2.05, 4.69) is 19.8 Å². The number of aromatic nitrogens is 2. The Labute approximate surface area is 155 Å². The first kappa shape index (κ1) is 18.6. The molecule has 3 rings (SSSR count). The van der Waals surface area contributed by atoms with Gasteiger partial charge in [-0.25, -0.2) is 9.46 Å². The molecule has 0 spiro atoms. The first-order valence-corrected chi connectivity index (χ1v) is 8.93. The van der Waals surface area contributed by atoms with Gasteiger partial charge >= 0.3 is 5.97 Å². The number of carbonyl (C=O) groups excluding carboxylic acids is 2. The summed E-state index contributed by atoms with van der Waals surface area (Å²) in [5.74, 6) is -0.433. The van der Waals surface area contributed by atoms with Crippen molar-refractivity contribution in [3.05, 3.63) is 23.8 Å². The average Bonchev–Trinajstić information content (AvgIpc) is 3.14. The van der Waals surface area contributed by atoms with Crippen molar-refractivity contribution >= 4 is 34.7 Å². The van der Waals surface area contributed by atoms with Gasteiger partial charge in [-0.2, -0.15) is 0 Å². The SMILES string of the molecule is C[C@H](NCl)C(=O)OC1CCC(N(C)C(=O)c2ccc3nonc3c2)CC1. The Balaban J connectivity index is 1.56. The lowest BCUT2D eigenvalue weighted by atomic mass is 9.91. The molecule has 0 unspecified atom stereocenters. The number of nitrogens with zero attached hydrogens (tertiary/aromatic N) is 3. The smallest absolute Gasteiger partial charge is 0.324 e. The second kappa shape index (κ2) is 8.01. The molecule has 2 aromatic rings. The van der Waals surface area contributed by atoms with E-state index in [1.165, 1.54) is 0 Å². The van der Waals surface area contributed by atoms with E-state index in [9.17, 15) is 9.59 Å². The van der Waals surface area contributed by atoms with Crippen LogP contribution in [0.1, 0.15) is 43.0 Å². The highest BCUT2D eigenvalue weighted by Gasteiger charge is 2.29. The van der Waals surface area contributed by atoms with Crippen LogP contribution in [-0.4, -0.2) is 52.3 Å². The van der Waals surface area contributed by atoms with Crippen LogP contribution in [0, 0.1) is 0 Å². The monoisotopic (exact) mass is 380 g/mol. The van der Waals surface area contributed by atoms with Crippen molar-refractivity contribution in [1.82, 2.24) is 20.0 Å². The fourth-order valence-electron chi connectivity index (χ4n) is 3.15. The van der Waals surface area contributed by atoms with Crippen LogP contribution in [-0.2, 0) is 9.53 Å². The second-order valence-corrected chi connectivity index (χ2v) is 6.80. The molecule has 0 saturated heterocycles. The molecule has 8 nitrogen and oxygen atoms in total. The molecule has 1 fully saturated rings. The molecule has 0 bridgehead atoms. The van der Waals surface area contributed by atoms with Gasteiger partial charge in [0.25, 0.3) is 5.91 Å². The van der Waals surface area contributed by atoms with Gasteiger partial charge in [-0.05, 0) is 72.9 Å².